The van der Waals surface area contributed by atoms with E-state index >= 15 is 0 Å². The number of hydrogen-bond donors (Lipinski definition) is 1. The molecule has 0 atom stereocenters. The van der Waals surface area contributed by atoms with Gasteiger partial charge in [-0.15, -0.1) is 0 Å². The minimum atomic E-state index is 0.209. The van der Waals surface area contributed by atoms with Crippen molar-refractivity contribution in [1.29, 1.82) is 0 Å². The van der Waals surface area contributed by atoms with Crippen LogP contribution in [0.3, 0.4) is 0 Å². The molecule has 2 nitrogen and oxygen atoms in total. The van der Waals surface area contributed by atoms with Crippen LogP contribution >= 0.6 is 34.8 Å². The van der Waals surface area contributed by atoms with Gasteiger partial charge in [-0.1, -0.05) is 34.8 Å². The van der Waals surface area contributed by atoms with E-state index in [9.17, 15) is 0 Å². The summed E-state index contributed by atoms with van der Waals surface area (Å²) in [5.41, 5.74) is 0.226. The van der Waals surface area contributed by atoms with Crippen molar-refractivity contribution in [2.45, 2.75) is 0 Å². The minimum absolute atomic E-state index is 0.209. The fraction of sp³-hybridized carbons (Fsp3) is 0. The lowest BCUT2D eigenvalue weighted by Crippen LogP contribution is -2.14. The van der Waals surface area contributed by atoms with E-state index in [2.05, 4.69) is 10.3 Å². The first-order chi connectivity index (χ1) is 4.20. The highest BCUT2D eigenvalue weighted by Gasteiger charge is 2.11. The van der Waals surface area contributed by atoms with Crippen LogP contribution < -0.4 is 5.32 Å². The summed E-state index contributed by atoms with van der Waals surface area (Å²) in [4.78, 5) is 3.62. The predicted octanol–water partition coefficient (Wildman–Crippen LogP) is 1.99. The number of hydrogen-bond acceptors (Lipinski definition) is 2. The Hall–Kier alpha value is 0.0800. The summed E-state index contributed by atoms with van der Waals surface area (Å²) in [6.45, 7) is 0. The van der Waals surface area contributed by atoms with E-state index in [1.54, 1.807) is 0 Å². The number of aliphatic imine (C=N–C) groups is 1. The summed E-state index contributed by atoms with van der Waals surface area (Å²) in [5, 5.41) is 3.15. The molecule has 1 aliphatic rings. The van der Waals surface area contributed by atoms with Crippen molar-refractivity contribution in [1.82, 2.24) is 5.32 Å². The SMILES string of the molecule is Cl[C]1N=C(Cl)C(Cl)=CN1. The monoisotopic (exact) mass is 183 g/mol. The fourth-order valence-corrected chi connectivity index (χ4v) is 0.773. The molecule has 0 saturated carbocycles. The lowest BCUT2D eigenvalue weighted by Gasteiger charge is -2.08. The van der Waals surface area contributed by atoms with E-state index in [-0.39, 0.29) is 10.8 Å². The number of nitrogens with one attached hydrogen (secondary N) is 1. The number of nitrogens with zero attached hydrogens (tertiary/aromatic N) is 1. The molecule has 1 N–H and O–H groups in total. The maximum absolute atomic E-state index is 5.50. The second kappa shape index (κ2) is 2.78. The molecular formula is C4H2Cl3N2. The average molecular weight is 184 g/mol. The lowest BCUT2D eigenvalue weighted by molar-refractivity contribution is 0.957. The van der Waals surface area contributed by atoms with Gasteiger partial charge in [0.25, 0.3) is 5.62 Å². The van der Waals surface area contributed by atoms with Gasteiger partial charge in [0, 0.05) is 6.20 Å². The minimum Gasteiger partial charge on any atom is -0.349 e. The van der Waals surface area contributed by atoms with E-state index in [0.717, 1.165) is 0 Å². The van der Waals surface area contributed by atoms with Crippen molar-refractivity contribution in [2.75, 3.05) is 0 Å². The molecule has 0 spiro atoms. The summed E-state index contributed by atoms with van der Waals surface area (Å²) in [5.74, 6) is 0. The van der Waals surface area contributed by atoms with Gasteiger partial charge in [-0.3, -0.25) is 0 Å². The Morgan fingerprint density at radius 1 is 1.33 bits per heavy atom. The smallest absolute Gasteiger partial charge is 0.267 e. The van der Waals surface area contributed by atoms with Crippen LogP contribution in [0.1, 0.15) is 0 Å². The maximum Gasteiger partial charge on any atom is 0.267 e. The molecule has 0 unspecified atom stereocenters. The highest BCUT2D eigenvalue weighted by atomic mass is 35.5. The van der Waals surface area contributed by atoms with Gasteiger partial charge in [0.2, 0.25) is 0 Å². The van der Waals surface area contributed by atoms with E-state index in [1.165, 1.54) is 6.20 Å². The molecule has 0 amide bonds. The zero-order valence-corrected chi connectivity index (χ0v) is 6.43. The molecule has 9 heavy (non-hydrogen) atoms. The van der Waals surface area contributed by atoms with E-state index < -0.39 is 0 Å². The Kier molecular flexibility index (Phi) is 2.22. The zero-order valence-electron chi connectivity index (χ0n) is 4.16. The van der Waals surface area contributed by atoms with Gasteiger partial charge in [0.1, 0.15) is 5.17 Å². The van der Waals surface area contributed by atoms with Crippen molar-refractivity contribution in [3.05, 3.63) is 16.9 Å². The van der Waals surface area contributed by atoms with Crippen LogP contribution in [-0.2, 0) is 0 Å². The number of rotatable bonds is 0. The molecule has 49 valence electrons. The molecule has 1 heterocycles. The molecule has 0 aliphatic carbocycles. The van der Waals surface area contributed by atoms with Crippen LogP contribution in [0.5, 0.6) is 0 Å². The lowest BCUT2D eigenvalue weighted by atomic mass is 10.6. The molecular weight excluding hydrogens is 182 g/mol. The van der Waals surface area contributed by atoms with Crippen LogP contribution in [0.15, 0.2) is 16.2 Å². The first kappa shape index (κ1) is 7.19. The molecule has 5 heteroatoms. The van der Waals surface area contributed by atoms with Gasteiger partial charge < -0.3 is 5.32 Å². The van der Waals surface area contributed by atoms with Crippen molar-refractivity contribution in [3.63, 3.8) is 0 Å². The molecule has 1 radical (unpaired) electrons. The fourth-order valence-electron chi connectivity index (χ4n) is 0.354. The van der Waals surface area contributed by atoms with Crippen LogP contribution in [0.2, 0.25) is 0 Å². The zero-order chi connectivity index (χ0) is 6.85. The third-order valence-corrected chi connectivity index (χ3v) is 1.58. The number of allylic oxidation sites excluding steroid dienone is 1. The molecule has 1 aliphatic heterocycles. The standard InChI is InChI=1S/C4H2Cl3N2/c5-2-1-8-4(7)9-3(2)6/h1,8H. The van der Waals surface area contributed by atoms with Gasteiger partial charge in [-0.05, 0) is 0 Å². The molecule has 0 aromatic heterocycles. The van der Waals surface area contributed by atoms with Crippen molar-refractivity contribution < 1.29 is 0 Å². The highest BCUT2D eigenvalue weighted by molar-refractivity contribution is 6.76. The second-order valence-electron chi connectivity index (χ2n) is 1.33. The summed E-state index contributed by atoms with van der Waals surface area (Å²) >= 11 is 16.4. The van der Waals surface area contributed by atoms with Gasteiger partial charge in [-0.25, -0.2) is 4.99 Å². The Balaban J connectivity index is 2.75. The maximum atomic E-state index is 5.50. The molecule has 1 rings (SSSR count). The summed E-state index contributed by atoms with van der Waals surface area (Å²) in [6.07, 6.45) is 1.47. The van der Waals surface area contributed by atoms with E-state index in [4.69, 9.17) is 34.8 Å². The topological polar surface area (TPSA) is 24.4 Å². The van der Waals surface area contributed by atoms with Gasteiger partial charge in [0.15, 0.2) is 0 Å². The Labute approximate surface area is 67.5 Å². The quantitative estimate of drug-likeness (QED) is 0.572. The van der Waals surface area contributed by atoms with Crippen LogP contribution in [0, 0.1) is 5.62 Å². The van der Waals surface area contributed by atoms with E-state index in [1.807, 2.05) is 0 Å². The van der Waals surface area contributed by atoms with Gasteiger partial charge in [-0.2, -0.15) is 0 Å². The molecule has 0 bridgehead atoms. The largest absolute Gasteiger partial charge is 0.349 e. The summed E-state index contributed by atoms with van der Waals surface area (Å²) < 4.78 is 0. The van der Waals surface area contributed by atoms with Crippen LogP contribution in [0.25, 0.3) is 0 Å². The van der Waals surface area contributed by atoms with Crippen LogP contribution in [-0.4, -0.2) is 5.17 Å². The Morgan fingerprint density at radius 3 is 2.44 bits per heavy atom. The molecule has 0 aromatic carbocycles. The molecule has 0 aromatic rings. The third-order valence-electron chi connectivity index (χ3n) is 0.711. The molecule has 0 fully saturated rings. The normalized spacial score (nSPS) is 20.3. The Morgan fingerprint density at radius 2 is 2.00 bits per heavy atom. The van der Waals surface area contributed by atoms with Gasteiger partial charge in [0.05, 0.1) is 5.03 Å². The predicted molar refractivity (Wildman–Crippen MR) is 39.5 cm³/mol. The van der Waals surface area contributed by atoms with Crippen molar-refractivity contribution >= 4 is 40.0 Å². The molecule has 0 saturated heterocycles. The number of halogens is 3. The van der Waals surface area contributed by atoms with Crippen LogP contribution in [0.4, 0.5) is 0 Å². The summed E-state index contributed by atoms with van der Waals surface area (Å²) in [6, 6.07) is 0. The van der Waals surface area contributed by atoms with Crippen molar-refractivity contribution in [3.8, 4) is 0 Å². The van der Waals surface area contributed by atoms with Gasteiger partial charge >= 0.3 is 0 Å². The van der Waals surface area contributed by atoms with E-state index in [0.29, 0.717) is 5.03 Å². The second-order valence-corrected chi connectivity index (χ2v) is 2.45. The summed E-state index contributed by atoms with van der Waals surface area (Å²) in [7, 11) is 0. The first-order valence-corrected chi connectivity index (χ1v) is 3.23. The first-order valence-electron chi connectivity index (χ1n) is 2.09. The highest BCUT2D eigenvalue weighted by Crippen LogP contribution is 2.17. The Bertz CT molecular complexity index is 175. The average Bonchev–Trinajstić information content (AvgIpc) is 1.80. The third kappa shape index (κ3) is 1.75. The van der Waals surface area contributed by atoms with Crippen molar-refractivity contribution in [2.24, 2.45) is 4.99 Å².